The van der Waals surface area contributed by atoms with Gasteiger partial charge in [-0.15, -0.1) is 0 Å². The van der Waals surface area contributed by atoms with Crippen LogP contribution in [-0.4, -0.2) is 96.7 Å². The summed E-state index contributed by atoms with van der Waals surface area (Å²) in [5.74, 6) is 0.857. The third kappa shape index (κ3) is 68.4. The van der Waals surface area contributed by atoms with E-state index in [1.807, 2.05) is 0 Å². The number of unbranched alkanes of at least 4 members (excludes halogenated alkanes) is 37. The van der Waals surface area contributed by atoms with Crippen molar-refractivity contribution in [2.45, 2.75) is 388 Å². The van der Waals surface area contributed by atoms with Crippen molar-refractivity contribution in [3.63, 3.8) is 0 Å². The first-order chi connectivity index (χ1) is 44.6. The summed E-state index contributed by atoms with van der Waals surface area (Å²) in [4.78, 5) is 72.7. The Balaban J connectivity index is 5.20. The minimum Gasteiger partial charge on any atom is -0.462 e. The van der Waals surface area contributed by atoms with Crippen molar-refractivity contribution >= 4 is 39.5 Å². The normalized spacial score (nSPS) is 14.2. The van der Waals surface area contributed by atoms with Crippen molar-refractivity contribution in [1.29, 1.82) is 0 Å². The molecule has 19 heteroatoms. The zero-order valence-electron chi connectivity index (χ0n) is 60.9. The average molecular weight is 1370 g/mol. The topological polar surface area (TPSA) is 237 Å². The number of rotatable bonds is 71. The van der Waals surface area contributed by atoms with E-state index < -0.39 is 97.5 Å². The molecule has 0 aliphatic heterocycles. The summed E-state index contributed by atoms with van der Waals surface area (Å²) in [6.45, 7) is 14.1. The second kappa shape index (κ2) is 63.5. The maximum atomic E-state index is 13.0. The fraction of sp³-hybridized carbons (Fsp3) is 0.946. The summed E-state index contributed by atoms with van der Waals surface area (Å²) in [5, 5.41) is 10.6. The highest BCUT2D eigenvalue weighted by Gasteiger charge is 2.30. The molecular formula is C74H144O17P2. The van der Waals surface area contributed by atoms with Crippen molar-refractivity contribution in [3.8, 4) is 0 Å². The number of carbonyl (C=O) groups is 4. The third-order valence-corrected chi connectivity index (χ3v) is 19.0. The number of ether oxygens (including phenoxy) is 4. The van der Waals surface area contributed by atoms with Crippen molar-refractivity contribution < 1.29 is 80.2 Å². The van der Waals surface area contributed by atoms with Gasteiger partial charge in [0.05, 0.1) is 26.4 Å². The predicted molar refractivity (Wildman–Crippen MR) is 377 cm³/mol. The Labute approximate surface area is 568 Å². The van der Waals surface area contributed by atoms with Gasteiger partial charge in [0.15, 0.2) is 12.2 Å². The highest BCUT2D eigenvalue weighted by atomic mass is 31.2. The molecule has 0 amide bonds. The Bertz CT molecular complexity index is 1830. The van der Waals surface area contributed by atoms with Crippen LogP contribution in [0.4, 0.5) is 0 Å². The smallest absolute Gasteiger partial charge is 0.462 e. The molecule has 5 atom stereocenters. The third-order valence-electron chi connectivity index (χ3n) is 17.1. The Hall–Kier alpha value is -1.94. The summed E-state index contributed by atoms with van der Waals surface area (Å²) in [6, 6.07) is 0. The molecule has 0 heterocycles. The Kier molecular flexibility index (Phi) is 62.2. The van der Waals surface area contributed by atoms with E-state index >= 15 is 0 Å². The fourth-order valence-electron chi connectivity index (χ4n) is 11.2. The lowest BCUT2D eigenvalue weighted by Gasteiger charge is -2.21. The van der Waals surface area contributed by atoms with Crippen molar-refractivity contribution in [1.82, 2.24) is 0 Å². The van der Waals surface area contributed by atoms with E-state index in [0.717, 1.165) is 114 Å². The standard InChI is InChI=1S/C74H144O17P2/c1-64(2)50-42-34-26-20-16-12-9-10-14-18-22-29-38-46-54-71(76)84-60-69(91-74(79)57-49-41-31-25-24-28-36-44-52-66(5)6)62-88-92(80,81)86-58-68(75)59-87-93(82,83)89-63-70(61-85-72(77)55-47-39-33-32-37-45-53-67(7)8)90-73(78)56-48-40-30-23-19-15-11-13-17-21-27-35-43-51-65(3)4/h64-70,75H,9-63H2,1-8H3,(H,80,81)(H,82,83)/t68-,69-,70-/m1/s1. The highest BCUT2D eigenvalue weighted by molar-refractivity contribution is 7.47. The zero-order valence-corrected chi connectivity index (χ0v) is 62.7. The summed E-state index contributed by atoms with van der Waals surface area (Å²) in [5.41, 5.74) is 0. The predicted octanol–water partition coefficient (Wildman–Crippen LogP) is 21.3. The van der Waals surface area contributed by atoms with Crippen LogP contribution in [0.15, 0.2) is 0 Å². The molecule has 0 fully saturated rings. The van der Waals surface area contributed by atoms with E-state index in [2.05, 4.69) is 55.4 Å². The van der Waals surface area contributed by atoms with Crippen LogP contribution in [-0.2, 0) is 65.4 Å². The Morgan fingerprint density at radius 3 is 0.667 bits per heavy atom. The van der Waals surface area contributed by atoms with Gasteiger partial charge in [0.2, 0.25) is 0 Å². The maximum Gasteiger partial charge on any atom is 0.472 e. The van der Waals surface area contributed by atoms with Gasteiger partial charge in [0.25, 0.3) is 0 Å². The largest absolute Gasteiger partial charge is 0.472 e. The van der Waals surface area contributed by atoms with Gasteiger partial charge in [-0.1, -0.05) is 319 Å². The molecule has 0 saturated heterocycles. The molecule has 0 rings (SSSR count). The molecule has 0 radical (unpaired) electrons. The van der Waals surface area contributed by atoms with E-state index in [-0.39, 0.29) is 25.7 Å². The lowest BCUT2D eigenvalue weighted by Crippen LogP contribution is -2.30. The number of aliphatic hydroxyl groups excluding tert-OH is 1. The summed E-state index contributed by atoms with van der Waals surface area (Å²) in [6.07, 6.45) is 47.4. The number of hydrogen-bond acceptors (Lipinski definition) is 15. The molecule has 0 spiro atoms. The average Bonchev–Trinajstić information content (AvgIpc) is 2.55. The van der Waals surface area contributed by atoms with Gasteiger partial charge in [-0.2, -0.15) is 0 Å². The van der Waals surface area contributed by atoms with Gasteiger partial charge in [-0.3, -0.25) is 37.3 Å². The SMILES string of the molecule is CC(C)CCCCCCCCCCCCCCCCC(=O)OC[C@H](COP(=O)(O)OC[C@@H](O)COP(=O)(O)OC[C@@H](COC(=O)CCCCCCCCC(C)C)OC(=O)CCCCCCCCCCCCCCCC(C)C)OC(=O)CCCCCCCCCCC(C)C. The first kappa shape index (κ1) is 91.1. The molecule has 552 valence electrons. The van der Waals surface area contributed by atoms with E-state index in [1.54, 1.807) is 0 Å². The summed E-state index contributed by atoms with van der Waals surface area (Å²) < 4.78 is 68.4. The molecule has 0 aromatic carbocycles. The van der Waals surface area contributed by atoms with Gasteiger partial charge < -0.3 is 33.8 Å². The van der Waals surface area contributed by atoms with Crippen LogP contribution in [0.5, 0.6) is 0 Å². The number of phosphoric acid groups is 2. The fourth-order valence-corrected chi connectivity index (χ4v) is 12.8. The first-order valence-electron chi connectivity index (χ1n) is 38.2. The second-order valence-electron chi connectivity index (χ2n) is 28.6. The van der Waals surface area contributed by atoms with Crippen LogP contribution >= 0.6 is 15.6 Å². The molecule has 0 aromatic heterocycles. The number of esters is 4. The number of hydrogen-bond donors (Lipinski definition) is 3. The lowest BCUT2D eigenvalue weighted by atomic mass is 10.0. The lowest BCUT2D eigenvalue weighted by molar-refractivity contribution is -0.161. The molecule has 0 bridgehead atoms. The molecule has 0 aliphatic carbocycles. The monoisotopic (exact) mass is 1370 g/mol. The van der Waals surface area contributed by atoms with Gasteiger partial charge in [0.1, 0.15) is 19.3 Å². The molecule has 0 saturated carbocycles. The first-order valence-corrected chi connectivity index (χ1v) is 41.2. The number of aliphatic hydroxyl groups is 1. The number of carbonyl (C=O) groups excluding carboxylic acids is 4. The van der Waals surface area contributed by atoms with Crippen LogP contribution < -0.4 is 0 Å². The molecule has 93 heavy (non-hydrogen) atoms. The van der Waals surface area contributed by atoms with Crippen LogP contribution in [0.3, 0.4) is 0 Å². The van der Waals surface area contributed by atoms with Crippen molar-refractivity contribution in [2.24, 2.45) is 23.7 Å². The van der Waals surface area contributed by atoms with Gasteiger partial charge >= 0.3 is 39.5 Å². The minimum atomic E-state index is -4.95. The Morgan fingerprint density at radius 1 is 0.269 bits per heavy atom. The van der Waals surface area contributed by atoms with Crippen LogP contribution in [0.25, 0.3) is 0 Å². The molecule has 3 N–H and O–H groups in total. The van der Waals surface area contributed by atoms with E-state index in [0.29, 0.717) is 31.6 Å². The van der Waals surface area contributed by atoms with Crippen LogP contribution in [0, 0.1) is 23.7 Å². The van der Waals surface area contributed by atoms with Gasteiger partial charge in [-0.25, -0.2) is 9.13 Å². The van der Waals surface area contributed by atoms with E-state index in [4.69, 9.17) is 37.0 Å². The maximum absolute atomic E-state index is 13.0. The molecule has 17 nitrogen and oxygen atoms in total. The molecule has 0 aromatic rings. The Morgan fingerprint density at radius 2 is 0.452 bits per heavy atom. The second-order valence-corrected chi connectivity index (χ2v) is 31.5. The van der Waals surface area contributed by atoms with Crippen molar-refractivity contribution in [3.05, 3.63) is 0 Å². The van der Waals surface area contributed by atoms with Gasteiger partial charge in [-0.05, 0) is 49.4 Å². The van der Waals surface area contributed by atoms with Crippen molar-refractivity contribution in [2.75, 3.05) is 39.6 Å². The molecular weight excluding hydrogens is 1220 g/mol. The summed E-state index contributed by atoms with van der Waals surface area (Å²) >= 11 is 0. The number of phosphoric ester groups is 2. The van der Waals surface area contributed by atoms with E-state index in [9.17, 15) is 43.2 Å². The van der Waals surface area contributed by atoms with Crippen LogP contribution in [0.1, 0.15) is 370 Å². The zero-order chi connectivity index (χ0) is 68.9. The summed E-state index contributed by atoms with van der Waals surface area (Å²) in [7, 11) is -9.91. The molecule has 0 aliphatic rings. The molecule has 2 unspecified atom stereocenters. The quantitative estimate of drug-likeness (QED) is 0.0222. The highest BCUT2D eigenvalue weighted by Crippen LogP contribution is 2.45. The van der Waals surface area contributed by atoms with Crippen LogP contribution in [0.2, 0.25) is 0 Å². The van der Waals surface area contributed by atoms with Gasteiger partial charge in [0, 0.05) is 25.7 Å². The van der Waals surface area contributed by atoms with E-state index in [1.165, 1.54) is 167 Å². The minimum absolute atomic E-state index is 0.104.